The molecule has 3 aromatic rings. The van der Waals surface area contributed by atoms with Gasteiger partial charge in [0.1, 0.15) is 5.75 Å². The van der Waals surface area contributed by atoms with Crippen LogP contribution in [-0.2, 0) is 10.0 Å². The zero-order chi connectivity index (χ0) is 17.2. The molecule has 0 atom stereocenters. The highest BCUT2D eigenvalue weighted by Crippen LogP contribution is 2.26. The van der Waals surface area contributed by atoms with Crippen molar-refractivity contribution in [1.82, 2.24) is 4.98 Å². The molecule has 1 heterocycles. The van der Waals surface area contributed by atoms with Gasteiger partial charge in [-0.15, -0.1) is 0 Å². The molecule has 0 saturated carbocycles. The lowest BCUT2D eigenvalue weighted by molar-refractivity contribution is 0.340. The summed E-state index contributed by atoms with van der Waals surface area (Å²) in [6, 6.07) is 15.5. The van der Waals surface area contributed by atoms with Gasteiger partial charge in [-0.25, -0.2) is 8.42 Å². The van der Waals surface area contributed by atoms with E-state index in [9.17, 15) is 8.42 Å². The van der Waals surface area contributed by atoms with Crippen molar-refractivity contribution < 1.29 is 13.2 Å². The predicted octanol–water partition coefficient (Wildman–Crippen LogP) is 3.74. The Morgan fingerprint density at radius 3 is 2.50 bits per heavy atom. The van der Waals surface area contributed by atoms with Crippen molar-refractivity contribution in [3.8, 4) is 5.75 Å². The van der Waals surface area contributed by atoms with Crippen LogP contribution in [0.15, 0.2) is 59.5 Å². The number of benzene rings is 2. The predicted molar refractivity (Wildman–Crippen MR) is 94.9 cm³/mol. The average molecular weight is 342 g/mol. The lowest BCUT2D eigenvalue weighted by Crippen LogP contribution is -2.13. The summed E-state index contributed by atoms with van der Waals surface area (Å²) in [6.07, 6.45) is 0. The molecule has 0 saturated heterocycles. The molecule has 0 bridgehead atoms. The van der Waals surface area contributed by atoms with Gasteiger partial charge in [0, 0.05) is 11.1 Å². The van der Waals surface area contributed by atoms with E-state index in [0.717, 1.165) is 16.6 Å². The zero-order valence-corrected chi connectivity index (χ0v) is 14.3. The summed E-state index contributed by atoms with van der Waals surface area (Å²) in [5, 5.41) is 0.762. The fraction of sp³-hybridized carbons (Fsp3) is 0.167. The standard InChI is InChI=1S/C18H18N2O3S/c1-3-23-14-8-10-15(11-9-14)24(21,22)20-18-12-13(2)19-17-7-5-4-6-16(17)18/h4-12H,3H2,1-2H3,(H,19,20). The number of para-hydroxylation sites is 1. The van der Waals surface area contributed by atoms with Crippen molar-refractivity contribution in [2.75, 3.05) is 11.3 Å². The zero-order valence-electron chi connectivity index (χ0n) is 13.5. The van der Waals surface area contributed by atoms with Crippen LogP contribution in [0.5, 0.6) is 5.75 Å². The van der Waals surface area contributed by atoms with Crippen molar-refractivity contribution >= 4 is 26.6 Å². The number of sulfonamides is 1. The van der Waals surface area contributed by atoms with E-state index in [2.05, 4.69) is 9.71 Å². The number of nitrogens with one attached hydrogen (secondary N) is 1. The van der Waals surface area contributed by atoms with E-state index in [-0.39, 0.29) is 4.90 Å². The monoisotopic (exact) mass is 342 g/mol. The Morgan fingerprint density at radius 1 is 1.08 bits per heavy atom. The molecule has 0 aliphatic rings. The van der Waals surface area contributed by atoms with Crippen LogP contribution in [0, 0.1) is 6.92 Å². The maximum absolute atomic E-state index is 12.7. The second kappa shape index (κ2) is 6.49. The Balaban J connectivity index is 1.97. The summed E-state index contributed by atoms with van der Waals surface area (Å²) < 4.78 is 33.3. The summed E-state index contributed by atoms with van der Waals surface area (Å²) in [5.74, 6) is 0.640. The van der Waals surface area contributed by atoms with Crippen molar-refractivity contribution in [3.05, 3.63) is 60.3 Å². The van der Waals surface area contributed by atoms with Gasteiger partial charge in [-0.05, 0) is 50.2 Å². The topological polar surface area (TPSA) is 68.3 Å². The Kier molecular flexibility index (Phi) is 4.40. The first-order valence-electron chi connectivity index (χ1n) is 7.61. The molecule has 0 radical (unpaired) electrons. The molecule has 0 fully saturated rings. The summed E-state index contributed by atoms with van der Waals surface area (Å²) in [6.45, 7) is 4.25. The molecule has 1 N–H and O–H groups in total. The minimum absolute atomic E-state index is 0.185. The second-order valence-electron chi connectivity index (χ2n) is 5.34. The minimum atomic E-state index is -3.69. The van der Waals surface area contributed by atoms with Crippen molar-refractivity contribution in [1.29, 1.82) is 0 Å². The van der Waals surface area contributed by atoms with Crippen LogP contribution in [0.3, 0.4) is 0 Å². The van der Waals surface area contributed by atoms with Crippen LogP contribution in [0.1, 0.15) is 12.6 Å². The van der Waals surface area contributed by atoms with E-state index in [1.165, 1.54) is 12.1 Å². The Hall–Kier alpha value is -2.60. The molecule has 0 unspecified atom stereocenters. The van der Waals surface area contributed by atoms with Crippen LogP contribution in [-0.4, -0.2) is 20.0 Å². The number of anilines is 1. The van der Waals surface area contributed by atoms with E-state index in [1.54, 1.807) is 18.2 Å². The first-order valence-corrected chi connectivity index (χ1v) is 9.10. The molecular weight excluding hydrogens is 324 g/mol. The molecule has 1 aromatic heterocycles. The first kappa shape index (κ1) is 16.3. The summed E-state index contributed by atoms with van der Waals surface area (Å²) in [4.78, 5) is 4.60. The van der Waals surface area contributed by atoms with E-state index >= 15 is 0 Å². The molecular formula is C18H18N2O3S. The second-order valence-corrected chi connectivity index (χ2v) is 7.02. The van der Waals surface area contributed by atoms with Crippen LogP contribution in [0.4, 0.5) is 5.69 Å². The molecule has 0 spiro atoms. The van der Waals surface area contributed by atoms with E-state index in [1.807, 2.05) is 38.1 Å². The summed E-state index contributed by atoms with van der Waals surface area (Å²) in [7, 11) is -3.69. The van der Waals surface area contributed by atoms with Gasteiger partial charge in [-0.2, -0.15) is 0 Å². The fourth-order valence-corrected chi connectivity index (χ4v) is 3.55. The number of rotatable bonds is 5. The molecule has 3 rings (SSSR count). The third-order valence-electron chi connectivity index (χ3n) is 3.53. The molecule has 5 nitrogen and oxygen atoms in total. The van der Waals surface area contributed by atoms with E-state index < -0.39 is 10.0 Å². The number of hydrogen-bond donors (Lipinski definition) is 1. The largest absolute Gasteiger partial charge is 0.494 e. The van der Waals surface area contributed by atoms with Crippen LogP contribution in [0.2, 0.25) is 0 Å². The number of nitrogens with zero attached hydrogens (tertiary/aromatic N) is 1. The van der Waals surface area contributed by atoms with Crippen LogP contribution >= 0.6 is 0 Å². The maximum Gasteiger partial charge on any atom is 0.261 e. The number of ether oxygens (including phenoxy) is 1. The lowest BCUT2D eigenvalue weighted by atomic mass is 10.2. The average Bonchev–Trinajstić information content (AvgIpc) is 2.55. The molecule has 2 aromatic carbocycles. The number of pyridine rings is 1. The first-order chi connectivity index (χ1) is 11.5. The van der Waals surface area contributed by atoms with Gasteiger partial charge in [-0.3, -0.25) is 9.71 Å². The maximum atomic E-state index is 12.7. The smallest absolute Gasteiger partial charge is 0.261 e. The number of aryl methyl sites for hydroxylation is 1. The number of hydrogen-bond acceptors (Lipinski definition) is 4. The van der Waals surface area contributed by atoms with Crippen molar-refractivity contribution in [3.63, 3.8) is 0 Å². The fourth-order valence-electron chi connectivity index (χ4n) is 2.48. The highest BCUT2D eigenvalue weighted by atomic mass is 32.2. The minimum Gasteiger partial charge on any atom is -0.494 e. The van der Waals surface area contributed by atoms with Gasteiger partial charge >= 0.3 is 0 Å². The Bertz CT molecular complexity index is 967. The van der Waals surface area contributed by atoms with Gasteiger partial charge < -0.3 is 4.74 Å². The van der Waals surface area contributed by atoms with Gasteiger partial charge in [0.2, 0.25) is 0 Å². The third-order valence-corrected chi connectivity index (χ3v) is 4.92. The molecule has 0 aliphatic carbocycles. The molecule has 0 amide bonds. The number of aromatic nitrogens is 1. The molecule has 24 heavy (non-hydrogen) atoms. The highest BCUT2D eigenvalue weighted by Gasteiger charge is 2.16. The lowest BCUT2D eigenvalue weighted by Gasteiger charge is -2.12. The molecule has 0 aliphatic heterocycles. The highest BCUT2D eigenvalue weighted by molar-refractivity contribution is 7.92. The number of fused-ring (bicyclic) bond motifs is 1. The van der Waals surface area contributed by atoms with Crippen LogP contribution in [0.25, 0.3) is 10.9 Å². The van der Waals surface area contributed by atoms with Gasteiger partial charge in [0.25, 0.3) is 10.0 Å². The summed E-state index contributed by atoms with van der Waals surface area (Å²) in [5.41, 5.74) is 2.02. The molecule has 124 valence electrons. The van der Waals surface area contributed by atoms with E-state index in [0.29, 0.717) is 18.0 Å². The summed E-state index contributed by atoms with van der Waals surface area (Å²) >= 11 is 0. The normalized spacial score (nSPS) is 11.4. The Morgan fingerprint density at radius 2 is 1.79 bits per heavy atom. The third kappa shape index (κ3) is 3.33. The Labute approximate surface area is 141 Å². The van der Waals surface area contributed by atoms with E-state index in [4.69, 9.17) is 4.74 Å². The van der Waals surface area contributed by atoms with Gasteiger partial charge in [0.15, 0.2) is 0 Å². The van der Waals surface area contributed by atoms with Gasteiger partial charge in [0.05, 0.1) is 22.7 Å². The quantitative estimate of drug-likeness (QED) is 0.767. The van der Waals surface area contributed by atoms with Crippen molar-refractivity contribution in [2.45, 2.75) is 18.7 Å². The SMILES string of the molecule is CCOc1ccc(S(=O)(=O)Nc2cc(C)nc3ccccc23)cc1. The van der Waals surface area contributed by atoms with Crippen molar-refractivity contribution in [2.24, 2.45) is 0 Å². The van der Waals surface area contributed by atoms with Gasteiger partial charge in [-0.1, -0.05) is 18.2 Å². The molecule has 6 heteroatoms. The van der Waals surface area contributed by atoms with Crippen LogP contribution < -0.4 is 9.46 Å².